The highest BCUT2D eigenvalue weighted by Crippen LogP contribution is 2.27. The van der Waals surface area contributed by atoms with Crippen LogP contribution in [-0.4, -0.2) is 25.2 Å². The normalized spacial score (nSPS) is 24.5. The second-order valence-electron chi connectivity index (χ2n) is 4.20. The second-order valence-corrected chi connectivity index (χ2v) is 4.20. The summed E-state index contributed by atoms with van der Waals surface area (Å²) in [6.45, 7) is 2.63. The van der Waals surface area contributed by atoms with E-state index in [-0.39, 0.29) is 5.97 Å². The number of carbonyl (C=O) groups is 1. The van der Waals surface area contributed by atoms with Crippen molar-refractivity contribution in [2.24, 2.45) is 0 Å². The Hall–Kier alpha value is -1.35. The third kappa shape index (κ3) is 1.88. The van der Waals surface area contributed by atoms with Gasteiger partial charge in [-0.15, -0.1) is 0 Å². The highest BCUT2D eigenvalue weighted by molar-refractivity contribution is 5.92. The summed E-state index contributed by atoms with van der Waals surface area (Å²) < 4.78 is 5.44. The maximum absolute atomic E-state index is 11.7. The van der Waals surface area contributed by atoms with E-state index in [1.807, 2.05) is 38.2 Å². The van der Waals surface area contributed by atoms with Gasteiger partial charge in [-0.25, -0.2) is 4.79 Å². The van der Waals surface area contributed by atoms with Crippen molar-refractivity contribution in [3.05, 3.63) is 35.4 Å². The van der Waals surface area contributed by atoms with Gasteiger partial charge in [-0.2, -0.15) is 0 Å². The Labute approximate surface area is 89.4 Å². The molecule has 0 spiro atoms. The van der Waals surface area contributed by atoms with Gasteiger partial charge in [-0.1, -0.05) is 18.2 Å². The number of ether oxygens (including phenoxy) is 1. The third-order valence-electron chi connectivity index (χ3n) is 2.69. The number of hydrogen-bond donors (Lipinski definition) is 1. The van der Waals surface area contributed by atoms with E-state index in [2.05, 4.69) is 5.32 Å². The van der Waals surface area contributed by atoms with E-state index in [1.165, 1.54) is 0 Å². The number of nitrogens with one attached hydrogen (secondary N) is 1. The van der Waals surface area contributed by atoms with Gasteiger partial charge < -0.3 is 10.1 Å². The second kappa shape index (κ2) is 3.66. The molecular formula is C12H15NO2. The molecule has 1 aromatic carbocycles. The summed E-state index contributed by atoms with van der Waals surface area (Å²) in [6.07, 6.45) is 0.774. The molecule has 3 heteroatoms. The molecule has 0 aliphatic carbocycles. The van der Waals surface area contributed by atoms with Crippen LogP contribution in [0.1, 0.15) is 22.8 Å². The van der Waals surface area contributed by atoms with E-state index in [0.29, 0.717) is 12.1 Å². The van der Waals surface area contributed by atoms with Crippen LogP contribution in [0.25, 0.3) is 0 Å². The average molecular weight is 205 g/mol. The molecule has 0 amide bonds. The lowest BCUT2D eigenvalue weighted by Gasteiger charge is -2.34. The smallest absolute Gasteiger partial charge is 0.339 e. The molecule has 1 atom stereocenters. The summed E-state index contributed by atoms with van der Waals surface area (Å²) in [4.78, 5) is 11.7. The lowest BCUT2D eigenvalue weighted by molar-refractivity contribution is -0.0139. The molecule has 15 heavy (non-hydrogen) atoms. The minimum absolute atomic E-state index is 0.213. The summed E-state index contributed by atoms with van der Waals surface area (Å²) in [7, 11) is 1.86. The van der Waals surface area contributed by atoms with E-state index in [9.17, 15) is 4.79 Å². The van der Waals surface area contributed by atoms with Gasteiger partial charge >= 0.3 is 5.97 Å². The molecule has 1 aliphatic heterocycles. The Balaban J connectivity index is 2.34. The molecular weight excluding hydrogens is 190 g/mol. The zero-order valence-corrected chi connectivity index (χ0v) is 9.04. The monoisotopic (exact) mass is 205 g/mol. The largest absolute Gasteiger partial charge is 0.454 e. The topological polar surface area (TPSA) is 38.3 Å². The molecule has 0 saturated carbocycles. The van der Waals surface area contributed by atoms with Gasteiger partial charge in [0.15, 0.2) is 0 Å². The van der Waals surface area contributed by atoms with Crippen LogP contribution in [0.3, 0.4) is 0 Å². The van der Waals surface area contributed by atoms with Crippen molar-refractivity contribution >= 4 is 5.97 Å². The van der Waals surface area contributed by atoms with E-state index in [4.69, 9.17) is 4.74 Å². The van der Waals surface area contributed by atoms with Crippen LogP contribution in [0.15, 0.2) is 24.3 Å². The first-order chi connectivity index (χ1) is 7.14. The van der Waals surface area contributed by atoms with Gasteiger partial charge in [0.2, 0.25) is 0 Å². The molecule has 1 aromatic rings. The van der Waals surface area contributed by atoms with Crippen molar-refractivity contribution in [3.63, 3.8) is 0 Å². The first-order valence-corrected chi connectivity index (χ1v) is 5.10. The lowest BCUT2D eigenvalue weighted by atomic mass is 9.90. The zero-order chi connectivity index (χ0) is 10.9. The fourth-order valence-corrected chi connectivity index (χ4v) is 2.06. The molecule has 0 saturated heterocycles. The Bertz CT molecular complexity index is 389. The molecule has 1 heterocycles. The Kier molecular flexibility index (Phi) is 2.49. The molecule has 0 fully saturated rings. The van der Waals surface area contributed by atoms with Crippen LogP contribution < -0.4 is 5.32 Å². The highest BCUT2D eigenvalue weighted by atomic mass is 16.6. The van der Waals surface area contributed by atoms with Gasteiger partial charge in [-0.3, -0.25) is 0 Å². The fourth-order valence-electron chi connectivity index (χ4n) is 2.06. The van der Waals surface area contributed by atoms with Gasteiger partial charge in [-0.05, 0) is 25.6 Å². The number of hydrogen-bond acceptors (Lipinski definition) is 3. The molecule has 3 nitrogen and oxygen atoms in total. The maximum Gasteiger partial charge on any atom is 0.339 e. The van der Waals surface area contributed by atoms with Crippen LogP contribution >= 0.6 is 0 Å². The summed E-state index contributed by atoms with van der Waals surface area (Å²) in [6, 6.07) is 7.62. The standard InChI is InChI=1S/C12H15NO2/c1-12(8-13-2)7-9-5-3-4-6-10(9)11(14)15-12/h3-6,13H,7-8H2,1-2H3. The molecule has 1 aliphatic rings. The molecule has 80 valence electrons. The summed E-state index contributed by atoms with van der Waals surface area (Å²) in [5.41, 5.74) is 1.36. The SMILES string of the molecule is CNCC1(C)Cc2ccccc2C(=O)O1. The number of carbonyl (C=O) groups excluding carboxylic acids is 1. The molecule has 0 aromatic heterocycles. The molecule has 2 rings (SSSR count). The number of esters is 1. The minimum atomic E-state index is -0.416. The Morgan fingerprint density at radius 2 is 2.20 bits per heavy atom. The predicted octanol–water partition coefficient (Wildman–Crippen LogP) is 1.38. The van der Waals surface area contributed by atoms with E-state index in [1.54, 1.807) is 0 Å². The summed E-state index contributed by atoms with van der Waals surface area (Å²) >= 11 is 0. The average Bonchev–Trinajstić information content (AvgIpc) is 2.17. The quantitative estimate of drug-likeness (QED) is 0.741. The van der Waals surface area contributed by atoms with Crippen molar-refractivity contribution in [2.45, 2.75) is 18.9 Å². The third-order valence-corrected chi connectivity index (χ3v) is 2.69. The van der Waals surface area contributed by atoms with E-state index < -0.39 is 5.60 Å². The van der Waals surface area contributed by atoms with Crippen molar-refractivity contribution < 1.29 is 9.53 Å². The van der Waals surface area contributed by atoms with Gasteiger partial charge in [0.25, 0.3) is 0 Å². The summed E-state index contributed by atoms with van der Waals surface area (Å²) in [5, 5.41) is 3.05. The Morgan fingerprint density at radius 3 is 2.93 bits per heavy atom. The van der Waals surface area contributed by atoms with Gasteiger partial charge in [0.1, 0.15) is 5.60 Å². The molecule has 1 N–H and O–H groups in total. The first kappa shape index (κ1) is 10.2. The van der Waals surface area contributed by atoms with Crippen LogP contribution in [-0.2, 0) is 11.2 Å². The van der Waals surface area contributed by atoms with Gasteiger partial charge in [0.05, 0.1) is 5.56 Å². The molecule has 0 bridgehead atoms. The van der Waals surface area contributed by atoms with Crippen molar-refractivity contribution in [1.82, 2.24) is 5.32 Å². The maximum atomic E-state index is 11.7. The summed E-state index contributed by atoms with van der Waals surface area (Å²) in [5.74, 6) is -0.213. The molecule has 0 radical (unpaired) electrons. The van der Waals surface area contributed by atoms with Crippen molar-refractivity contribution in [1.29, 1.82) is 0 Å². The number of rotatable bonds is 2. The van der Waals surface area contributed by atoms with Crippen molar-refractivity contribution in [2.75, 3.05) is 13.6 Å². The van der Waals surface area contributed by atoms with Crippen LogP contribution in [0.5, 0.6) is 0 Å². The fraction of sp³-hybridized carbons (Fsp3) is 0.417. The molecule has 1 unspecified atom stereocenters. The lowest BCUT2D eigenvalue weighted by Crippen LogP contribution is -2.45. The number of cyclic esters (lactones) is 1. The minimum Gasteiger partial charge on any atom is -0.454 e. The van der Waals surface area contributed by atoms with Crippen LogP contribution in [0, 0.1) is 0 Å². The van der Waals surface area contributed by atoms with E-state index >= 15 is 0 Å². The first-order valence-electron chi connectivity index (χ1n) is 5.10. The number of fused-ring (bicyclic) bond motifs is 1. The zero-order valence-electron chi connectivity index (χ0n) is 9.04. The van der Waals surface area contributed by atoms with E-state index in [0.717, 1.165) is 12.0 Å². The van der Waals surface area contributed by atoms with Gasteiger partial charge in [0, 0.05) is 13.0 Å². The number of benzene rings is 1. The van der Waals surface area contributed by atoms with Crippen LogP contribution in [0.4, 0.5) is 0 Å². The highest BCUT2D eigenvalue weighted by Gasteiger charge is 2.35. The Morgan fingerprint density at radius 1 is 1.47 bits per heavy atom. The predicted molar refractivity (Wildman–Crippen MR) is 57.9 cm³/mol. The number of likely N-dealkylation sites (N-methyl/N-ethyl adjacent to an activating group) is 1. The van der Waals surface area contributed by atoms with Crippen LogP contribution in [0.2, 0.25) is 0 Å². The van der Waals surface area contributed by atoms with Crippen molar-refractivity contribution in [3.8, 4) is 0 Å².